The molecule has 3 rings (SSSR count). The number of allylic oxidation sites excluding steroid dienone is 1. The zero-order valence-electron chi connectivity index (χ0n) is 13.2. The maximum atomic E-state index is 12.4. The maximum absolute atomic E-state index is 12.4. The van der Waals surface area contributed by atoms with Gasteiger partial charge in [-0.25, -0.2) is 4.79 Å². The lowest BCUT2D eigenvalue weighted by molar-refractivity contribution is -0.142. The standard InChI is InChI=1S/C18H21Cl2NO2/c1-21(13-9-5-4-6-10-13)16-14-11-7-2-3-8-12-15(14)23-17(22)18(16,19)20/h4-6,9-10,16H,2-3,7-8,11-12H2,1H3. The molecule has 0 saturated heterocycles. The first kappa shape index (κ1) is 16.7. The van der Waals surface area contributed by atoms with E-state index in [-0.39, 0.29) is 0 Å². The van der Waals surface area contributed by atoms with Crippen LogP contribution in [0.1, 0.15) is 38.5 Å². The zero-order chi connectivity index (χ0) is 16.4. The van der Waals surface area contributed by atoms with Crippen LogP contribution in [0, 0.1) is 0 Å². The summed E-state index contributed by atoms with van der Waals surface area (Å²) in [5.41, 5.74) is 2.05. The first-order valence-electron chi connectivity index (χ1n) is 8.11. The van der Waals surface area contributed by atoms with Gasteiger partial charge in [-0.2, -0.15) is 0 Å². The van der Waals surface area contributed by atoms with Gasteiger partial charge < -0.3 is 9.64 Å². The molecule has 1 unspecified atom stereocenters. The Bertz CT molecular complexity index is 613. The molecule has 0 amide bonds. The fourth-order valence-electron chi connectivity index (χ4n) is 3.46. The van der Waals surface area contributed by atoms with Crippen LogP contribution in [0.25, 0.3) is 0 Å². The van der Waals surface area contributed by atoms with E-state index >= 15 is 0 Å². The minimum absolute atomic E-state index is 0.400. The summed E-state index contributed by atoms with van der Waals surface area (Å²) in [4.78, 5) is 14.4. The number of nitrogens with zero attached hydrogens (tertiary/aromatic N) is 1. The van der Waals surface area contributed by atoms with E-state index in [0.29, 0.717) is 0 Å². The first-order chi connectivity index (χ1) is 11.0. The van der Waals surface area contributed by atoms with Crippen LogP contribution < -0.4 is 4.90 Å². The molecule has 5 heteroatoms. The number of rotatable bonds is 2. The quantitative estimate of drug-likeness (QED) is 0.563. The van der Waals surface area contributed by atoms with Crippen molar-refractivity contribution in [1.29, 1.82) is 0 Å². The van der Waals surface area contributed by atoms with Crippen LogP contribution >= 0.6 is 23.2 Å². The van der Waals surface area contributed by atoms with Crippen molar-refractivity contribution in [1.82, 2.24) is 0 Å². The Labute approximate surface area is 147 Å². The first-order valence-corrected chi connectivity index (χ1v) is 8.87. The molecule has 0 bridgehead atoms. The van der Waals surface area contributed by atoms with Crippen LogP contribution in [-0.2, 0) is 9.53 Å². The lowest BCUT2D eigenvalue weighted by Gasteiger charge is -2.42. The number of halogens is 2. The van der Waals surface area contributed by atoms with E-state index in [2.05, 4.69) is 0 Å². The summed E-state index contributed by atoms with van der Waals surface area (Å²) >= 11 is 12.9. The van der Waals surface area contributed by atoms with Crippen molar-refractivity contribution in [3.05, 3.63) is 41.7 Å². The molecular formula is C18H21Cl2NO2. The van der Waals surface area contributed by atoms with Crippen molar-refractivity contribution < 1.29 is 9.53 Å². The average Bonchev–Trinajstić information content (AvgIpc) is 2.52. The van der Waals surface area contributed by atoms with Gasteiger partial charge in [-0.05, 0) is 37.0 Å². The Balaban J connectivity index is 2.04. The van der Waals surface area contributed by atoms with Crippen molar-refractivity contribution >= 4 is 34.9 Å². The molecule has 23 heavy (non-hydrogen) atoms. The summed E-state index contributed by atoms with van der Waals surface area (Å²) in [6.07, 6.45) is 6.10. The van der Waals surface area contributed by atoms with E-state index in [9.17, 15) is 4.79 Å². The molecule has 1 heterocycles. The summed E-state index contributed by atoms with van der Waals surface area (Å²) < 4.78 is 3.91. The molecule has 0 aromatic heterocycles. The van der Waals surface area contributed by atoms with Crippen LogP contribution in [0.2, 0.25) is 0 Å². The van der Waals surface area contributed by atoms with Crippen molar-refractivity contribution in [2.45, 2.75) is 48.9 Å². The molecule has 0 saturated carbocycles. The number of carbonyl (C=O) groups excluding carboxylic acids is 1. The normalized spacial score (nSPS) is 24.3. The topological polar surface area (TPSA) is 29.5 Å². The Morgan fingerprint density at radius 3 is 2.43 bits per heavy atom. The van der Waals surface area contributed by atoms with Gasteiger partial charge >= 0.3 is 5.97 Å². The number of hydrogen-bond acceptors (Lipinski definition) is 3. The Hall–Kier alpha value is -1.19. The molecule has 0 radical (unpaired) electrons. The highest BCUT2D eigenvalue weighted by atomic mass is 35.5. The van der Waals surface area contributed by atoms with Gasteiger partial charge in [-0.3, -0.25) is 0 Å². The Kier molecular flexibility index (Phi) is 4.88. The third-order valence-electron chi connectivity index (χ3n) is 4.67. The van der Waals surface area contributed by atoms with Gasteiger partial charge in [0.05, 0.1) is 6.04 Å². The molecule has 1 aliphatic carbocycles. The lowest BCUT2D eigenvalue weighted by Crippen LogP contribution is -2.54. The number of anilines is 1. The maximum Gasteiger partial charge on any atom is 0.350 e. The van der Waals surface area contributed by atoms with E-state index in [1.807, 2.05) is 42.3 Å². The predicted octanol–water partition coefficient (Wildman–Crippen LogP) is 4.83. The van der Waals surface area contributed by atoms with Crippen molar-refractivity contribution in [3.63, 3.8) is 0 Å². The molecule has 3 nitrogen and oxygen atoms in total. The summed E-state index contributed by atoms with van der Waals surface area (Å²) in [5, 5.41) is 0. The Morgan fingerprint density at radius 1 is 1.09 bits per heavy atom. The average molecular weight is 354 g/mol. The summed E-state index contributed by atoms with van der Waals surface area (Å²) in [6.45, 7) is 0. The van der Waals surface area contributed by atoms with Crippen LogP contribution in [0.4, 0.5) is 5.69 Å². The second-order valence-electron chi connectivity index (χ2n) is 6.22. The fourth-order valence-corrected chi connectivity index (χ4v) is 4.09. The Morgan fingerprint density at radius 2 is 1.74 bits per heavy atom. The number of esters is 1. The third kappa shape index (κ3) is 3.22. The van der Waals surface area contributed by atoms with Gasteiger partial charge in [0.25, 0.3) is 0 Å². The summed E-state index contributed by atoms with van der Waals surface area (Å²) in [5.74, 6) is 0.215. The molecule has 124 valence electrons. The zero-order valence-corrected chi connectivity index (χ0v) is 14.7. The molecule has 1 atom stereocenters. The molecule has 1 aromatic rings. The van der Waals surface area contributed by atoms with Gasteiger partial charge in [-0.1, -0.05) is 54.2 Å². The number of ether oxygens (including phenoxy) is 1. The van der Waals surface area contributed by atoms with Crippen LogP contribution in [0.15, 0.2) is 41.7 Å². The number of para-hydroxylation sites is 1. The highest BCUT2D eigenvalue weighted by molar-refractivity contribution is 6.58. The van der Waals surface area contributed by atoms with Crippen LogP contribution in [0.5, 0.6) is 0 Å². The number of alkyl halides is 2. The SMILES string of the molecule is CN(c1ccccc1)C1C2=C(CCCCCC2)OC(=O)C1(Cl)Cl. The highest BCUT2D eigenvalue weighted by Gasteiger charge is 2.52. The van der Waals surface area contributed by atoms with E-state index < -0.39 is 16.3 Å². The highest BCUT2D eigenvalue weighted by Crippen LogP contribution is 2.44. The smallest absolute Gasteiger partial charge is 0.350 e. The number of hydrogen-bond donors (Lipinski definition) is 0. The fraction of sp³-hybridized carbons (Fsp3) is 0.500. The van der Waals surface area contributed by atoms with Gasteiger partial charge in [0, 0.05) is 19.2 Å². The summed E-state index contributed by atoms with van der Waals surface area (Å²) in [7, 11) is 1.93. The molecular weight excluding hydrogens is 333 g/mol. The van der Waals surface area contributed by atoms with E-state index in [0.717, 1.165) is 42.7 Å². The number of benzene rings is 1. The molecule has 0 N–H and O–H groups in total. The van der Waals surface area contributed by atoms with Crippen molar-refractivity contribution in [3.8, 4) is 0 Å². The molecule has 1 aliphatic heterocycles. The monoisotopic (exact) mass is 353 g/mol. The van der Waals surface area contributed by atoms with E-state index in [1.54, 1.807) is 0 Å². The van der Waals surface area contributed by atoms with Crippen LogP contribution in [0.3, 0.4) is 0 Å². The summed E-state index contributed by atoms with van der Waals surface area (Å²) in [6, 6.07) is 9.47. The van der Waals surface area contributed by atoms with Crippen molar-refractivity contribution in [2.75, 3.05) is 11.9 Å². The second kappa shape index (κ2) is 6.74. The largest absolute Gasteiger partial charge is 0.429 e. The van der Waals surface area contributed by atoms with Crippen molar-refractivity contribution in [2.24, 2.45) is 0 Å². The van der Waals surface area contributed by atoms with E-state index in [1.165, 1.54) is 12.8 Å². The molecule has 0 spiro atoms. The minimum Gasteiger partial charge on any atom is -0.429 e. The lowest BCUT2D eigenvalue weighted by atomic mass is 9.89. The second-order valence-corrected chi connectivity index (χ2v) is 7.61. The molecule has 2 aliphatic rings. The number of likely N-dealkylation sites (N-methyl/N-ethyl adjacent to an activating group) is 1. The third-order valence-corrected chi connectivity index (χ3v) is 5.39. The van der Waals surface area contributed by atoms with Gasteiger partial charge in [0.1, 0.15) is 5.76 Å². The number of carbonyl (C=O) groups is 1. The van der Waals surface area contributed by atoms with Crippen LogP contribution in [-0.4, -0.2) is 23.4 Å². The van der Waals surface area contributed by atoms with Gasteiger partial charge in [-0.15, -0.1) is 0 Å². The van der Waals surface area contributed by atoms with Gasteiger partial charge in [0.15, 0.2) is 0 Å². The van der Waals surface area contributed by atoms with E-state index in [4.69, 9.17) is 27.9 Å². The molecule has 0 fully saturated rings. The minimum atomic E-state index is -1.59. The van der Waals surface area contributed by atoms with Gasteiger partial charge in [0.2, 0.25) is 4.33 Å². The molecule has 1 aromatic carbocycles. The predicted molar refractivity (Wildman–Crippen MR) is 93.9 cm³/mol.